The molecule has 0 atom stereocenters. The summed E-state index contributed by atoms with van der Waals surface area (Å²) in [6.07, 6.45) is 10.8. The van der Waals surface area contributed by atoms with Gasteiger partial charge >= 0.3 is 0 Å². The molecule has 0 spiro atoms. The van der Waals surface area contributed by atoms with Gasteiger partial charge in [-0.25, -0.2) is 0 Å². The highest BCUT2D eigenvalue weighted by molar-refractivity contribution is 5.75. The highest BCUT2D eigenvalue weighted by Gasteiger charge is 2.06. The van der Waals surface area contributed by atoms with Gasteiger partial charge in [-0.15, -0.1) is 6.58 Å². The van der Waals surface area contributed by atoms with E-state index in [1.54, 1.807) is 0 Å². The van der Waals surface area contributed by atoms with Crippen molar-refractivity contribution < 1.29 is 9.28 Å². The molecular formula is C16H33N2O+. The van der Waals surface area contributed by atoms with E-state index >= 15 is 0 Å². The monoisotopic (exact) mass is 269 g/mol. The molecule has 0 saturated carbocycles. The van der Waals surface area contributed by atoms with Crippen molar-refractivity contribution in [3.8, 4) is 0 Å². The molecule has 19 heavy (non-hydrogen) atoms. The minimum Gasteiger partial charge on any atom is -0.356 e. The van der Waals surface area contributed by atoms with Gasteiger partial charge in [-0.05, 0) is 19.3 Å². The minimum absolute atomic E-state index is 0.215. The predicted molar refractivity (Wildman–Crippen MR) is 83.0 cm³/mol. The molecule has 0 heterocycles. The van der Waals surface area contributed by atoms with Crippen LogP contribution in [-0.2, 0) is 4.79 Å². The summed E-state index contributed by atoms with van der Waals surface area (Å²) >= 11 is 0. The van der Waals surface area contributed by atoms with Gasteiger partial charge in [-0.2, -0.15) is 0 Å². The molecule has 0 aliphatic carbocycles. The van der Waals surface area contributed by atoms with Crippen molar-refractivity contribution in [2.24, 2.45) is 0 Å². The van der Waals surface area contributed by atoms with Gasteiger partial charge in [0.2, 0.25) is 5.91 Å². The summed E-state index contributed by atoms with van der Waals surface area (Å²) in [5.41, 5.74) is 0. The molecule has 0 radical (unpaired) electrons. The van der Waals surface area contributed by atoms with Crippen molar-refractivity contribution in [1.29, 1.82) is 0 Å². The molecule has 0 aliphatic heterocycles. The lowest BCUT2D eigenvalue weighted by Gasteiger charge is -2.23. The highest BCUT2D eigenvalue weighted by Crippen LogP contribution is 2.07. The average Bonchev–Trinajstić information content (AvgIpc) is 2.32. The second-order valence-corrected chi connectivity index (χ2v) is 6.31. The third kappa shape index (κ3) is 15.1. The van der Waals surface area contributed by atoms with Gasteiger partial charge in [0.1, 0.15) is 0 Å². The van der Waals surface area contributed by atoms with Gasteiger partial charge in [0.05, 0.1) is 27.7 Å². The number of allylic oxidation sites excluding steroid dienone is 1. The smallest absolute Gasteiger partial charge is 0.219 e. The topological polar surface area (TPSA) is 29.1 Å². The maximum atomic E-state index is 11.6. The van der Waals surface area contributed by atoms with Crippen LogP contribution in [-0.4, -0.2) is 44.6 Å². The fraction of sp³-hybridized carbons (Fsp3) is 0.812. The third-order valence-corrected chi connectivity index (χ3v) is 3.14. The van der Waals surface area contributed by atoms with Crippen LogP contribution in [0.1, 0.15) is 51.4 Å². The molecule has 0 saturated heterocycles. The third-order valence-electron chi connectivity index (χ3n) is 3.14. The van der Waals surface area contributed by atoms with Crippen molar-refractivity contribution in [3.63, 3.8) is 0 Å². The Bertz CT molecular complexity index is 244. The van der Waals surface area contributed by atoms with Crippen LogP contribution >= 0.6 is 0 Å². The predicted octanol–water partition coefficient (Wildman–Crippen LogP) is 3.12. The summed E-state index contributed by atoms with van der Waals surface area (Å²) in [6.45, 7) is 5.63. The van der Waals surface area contributed by atoms with E-state index in [4.69, 9.17) is 0 Å². The molecule has 0 aliphatic rings. The second-order valence-electron chi connectivity index (χ2n) is 6.31. The number of hydrogen-bond donors (Lipinski definition) is 1. The molecule has 3 nitrogen and oxygen atoms in total. The zero-order valence-corrected chi connectivity index (χ0v) is 13.2. The minimum atomic E-state index is 0.215. The van der Waals surface area contributed by atoms with Gasteiger partial charge in [0.15, 0.2) is 0 Å². The standard InChI is InChI=1S/C16H32N2O/c1-5-6-7-8-9-10-11-13-16(19)17-14-12-15-18(2,3)4/h5H,1,6-15H2,2-4H3/p+1. The van der Waals surface area contributed by atoms with Crippen molar-refractivity contribution in [2.75, 3.05) is 34.2 Å². The fourth-order valence-electron chi connectivity index (χ4n) is 1.97. The van der Waals surface area contributed by atoms with Crippen molar-refractivity contribution in [1.82, 2.24) is 5.32 Å². The van der Waals surface area contributed by atoms with Gasteiger partial charge in [-0.3, -0.25) is 4.79 Å². The molecular weight excluding hydrogens is 236 g/mol. The molecule has 1 amide bonds. The van der Waals surface area contributed by atoms with Gasteiger partial charge < -0.3 is 9.80 Å². The molecule has 0 rings (SSSR count). The van der Waals surface area contributed by atoms with E-state index in [-0.39, 0.29) is 5.91 Å². The van der Waals surface area contributed by atoms with Crippen molar-refractivity contribution in [3.05, 3.63) is 12.7 Å². The number of rotatable bonds is 12. The molecule has 0 aromatic carbocycles. The van der Waals surface area contributed by atoms with E-state index in [9.17, 15) is 4.79 Å². The Balaban J connectivity index is 3.28. The first-order valence-electron chi connectivity index (χ1n) is 7.64. The van der Waals surface area contributed by atoms with Crippen LogP contribution in [0.5, 0.6) is 0 Å². The number of nitrogens with one attached hydrogen (secondary N) is 1. The van der Waals surface area contributed by atoms with Crippen LogP contribution < -0.4 is 5.32 Å². The maximum absolute atomic E-state index is 11.6. The lowest BCUT2D eigenvalue weighted by atomic mass is 10.1. The summed E-state index contributed by atoms with van der Waals surface area (Å²) in [5.74, 6) is 0.215. The number of carbonyl (C=O) groups is 1. The van der Waals surface area contributed by atoms with Crippen LogP contribution in [0.25, 0.3) is 0 Å². The summed E-state index contributed by atoms with van der Waals surface area (Å²) in [6, 6.07) is 0. The Morgan fingerprint density at radius 3 is 2.32 bits per heavy atom. The number of hydrogen-bond acceptors (Lipinski definition) is 1. The van der Waals surface area contributed by atoms with Gasteiger partial charge in [0, 0.05) is 19.4 Å². The first-order chi connectivity index (χ1) is 8.95. The Morgan fingerprint density at radius 2 is 1.68 bits per heavy atom. The normalized spacial score (nSPS) is 11.3. The molecule has 0 bridgehead atoms. The van der Waals surface area contributed by atoms with Crippen LogP contribution in [0.2, 0.25) is 0 Å². The Hall–Kier alpha value is -0.830. The van der Waals surface area contributed by atoms with Crippen LogP contribution in [0.15, 0.2) is 12.7 Å². The highest BCUT2D eigenvalue weighted by atomic mass is 16.1. The average molecular weight is 269 g/mol. The zero-order valence-electron chi connectivity index (χ0n) is 13.2. The molecule has 112 valence electrons. The Labute approximate surface area is 119 Å². The molecule has 3 heteroatoms. The molecule has 1 N–H and O–H groups in total. The summed E-state index contributed by atoms with van der Waals surface area (Å²) < 4.78 is 0.959. The van der Waals surface area contributed by atoms with Crippen LogP contribution in [0.3, 0.4) is 0 Å². The van der Waals surface area contributed by atoms with Crippen LogP contribution in [0.4, 0.5) is 0 Å². The van der Waals surface area contributed by atoms with Crippen molar-refractivity contribution in [2.45, 2.75) is 51.4 Å². The van der Waals surface area contributed by atoms with E-state index < -0.39 is 0 Å². The van der Waals surface area contributed by atoms with Crippen molar-refractivity contribution >= 4 is 5.91 Å². The second kappa shape index (κ2) is 11.0. The van der Waals surface area contributed by atoms with Gasteiger partial charge in [0.25, 0.3) is 0 Å². The quantitative estimate of drug-likeness (QED) is 0.329. The summed E-state index contributed by atoms with van der Waals surface area (Å²) in [7, 11) is 6.52. The first-order valence-corrected chi connectivity index (χ1v) is 7.64. The number of nitrogens with zero attached hydrogens (tertiary/aromatic N) is 1. The summed E-state index contributed by atoms with van der Waals surface area (Å²) in [5, 5.41) is 3.00. The Morgan fingerprint density at radius 1 is 1.05 bits per heavy atom. The van der Waals surface area contributed by atoms with E-state index in [1.807, 2.05) is 6.08 Å². The molecule has 0 unspecified atom stereocenters. The fourth-order valence-corrected chi connectivity index (χ4v) is 1.97. The lowest BCUT2D eigenvalue weighted by Crippen LogP contribution is -2.37. The first kappa shape index (κ1) is 18.2. The van der Waals surface area contributed by atoms with E-state index in [0.717, 1.165) is 36.8 Å². The van der Waals surface area contributed by atoms with Gasteiger partial charge in [-0.1, -0.05) is 25.3 Å². The van der Waals surface area contributed by atoms with E-state index in [1.165, 1.54) is 25.7 Å². The number of quaternary nitrogens is 1. The Kier molecular flexibility index (Phi) is 10.6. The molecule has 0 aromatic rings. The van der Waals surface area contributed by atoms with E-state index in [0.29, 0.717) is 6.42 Å². The van der Waals surface area contributed by atoms with Crippen LogP contribution in [0, 0.1) is 0 Å². The molecule has 0 fully saturated rings. The summed E-state index contributed by atoms with van der Waals surface area (Å²) in [4.78, 5) is 11.6. The lowest BCUT2D eigenvalue weighted by molar-refractivity contribution is -0.870. The van der Waals surface area contributed by atoms with E-state index in [2.05, 4.69) is 33.0 Å². The SMILES string of the molecule is C=CCCCCCCCC(=O)NCCC[N+](C)(C)C. The number of amides is 1. The zero-order chi connectivity index (χ0) is 14.6. The number of carbonyl (C=O) groups excluding carboxylic acids is 1. The number of unbranched alkanes of at least 4 members (excludes halogenated alkanes) is 5. The maximum Gasteiger partial charge on any atom is 0.219 e. The molecule has 0 aromatic heterocycles. The largest absolute Gasteiger partial charge is 0.356 e.